The molecule has 0 unspecified atom stereocenters. The van der Waals surface area contributed by atoms with Gasteiger partial charge in [-0.15, -0.1) is 0 Å². The van der Waals surface area contributed by atoms with Crippen LogP contribution in [0.3, 0.4) is 0 Å². The number of rotatable bonds is 3. The molecule has 0 bridgehead atoms. The first-order chi connectivity index (χ1) is 12.9. The molecule has 4 N–H and O–H groups in total. The van der Waals surface area contributed by atoms with Gasteiger partial charge in [-0.3, -0.25) is 9.69 Å². The Morgan fingerprint density at radius 1 is 1.19 bits per heavy atom. The minimum absolute atomic E-state index is 0.0163. The monoisotopic (exact) mass is 371 g/mol. The lowest BCUT2D eigenvalue weighted by Crippen LogP contribution is -2.35. The van der Waals surface area contributed by atoms with Crippen LogP contribution in [0.25, 0.3) is 11.1 Å². The number of benzene rings is 2. The lowest BCUT2D eigenvalue weighted by Gasteiger charge is -2.39. The second-order valence-electron chi connectivity index (χ2n) is 7.02. The molecule has 1 heterocycles. The van der Waals surface area contributed by atoms with Crippen molar-refractivity contribution in [1.29, 1.82) is 0 Å². The van der Waals surface area contributed by atoms with Gasteiger partial charge in [-0.05, 0) is 54.6 Å². The molecule has 0 radical (unpaired) electrons. The summed E-state index contributed by atoms with van der Waals surface area (Å²) in [5, 5.41) is 36.0. The molecule has 0 aromatic heterocycles. The van der Waals surface area contributed by atoms with Crippen molar-refractivity contribution >= 4 is 5.97 Å². The van der Waals surface area contributed by atoms with Crippen molar-refractivity contribution in [2.75, 3.05) is 20.2 Å². The highest BCUT2D eigenvalue weighted by Crippen LogP contribution is 2.49. The van der Waals surface area contributed by atoms with Crippen molar-refractivity contribution in [2.24, 2.45) is 0 Å². The lowest BCUT2D eigenvalue weighted by atomic mass is 9.77. The summed E-state index contributed by atoms with van der Waals surface area (Å²) >= 11 is 0. The molecule has 1 atom stereocenters. The first kappa shape index (κ1) is 19.2. The number of carbonyl (C=O) groups is 1. The van der Waals surface area contributed by atoms with Crippen molar-refractivity contribution < 1.29 is 25.2 Å². The third-order valence-corrected chi connectivity index (χ3v) is 5.27. The van der Waals surface area contributed by atoms with E-state index in [0.29, 0.717) is 12.5 Å². The summed E-state index contributed by atoms with van der Waals surface area (Å²) in [5.41, 5.74) is 5.71. The van der Waals surface area contributed by atoms with Crippen molar-refractivity contribution in [3.8, 4) is 22.6 Å². The van der Waals surface area contributed by atoms with Crippen LogP contribution in [-0.2, 0) is 17.6 Å². The molecule has 2 aliphatic rings. The molecule has 0 amide bonds. The molecule has 6 heteroatoms. The first-order valence-electron chi connectivity index (χ1n) is 9.13. The zero-order chi connectivity index (χ0) is 19.6. The van der Waals surface area contributed by atoms with E-state index in [1.807, 2.05) is 6.07 Å². The molecule has 0 fully saturated rings. The van der Waals surface area contributed by atoms with Crippen LogP contribution >= 0.6 is 0 Å². The van der Waals surface area contributed by atoms with Gasteiger partial charge in [0.15, 0.2) is 11.5 Å². The smallest absolute Gasteiger partial charge is 0.303 e. The summed E-state index contributed by atoms with van der Waals surface area (Å²) in [6.07, 6.45) is 2.36. The summed E-state index contributed by atoms with van der Waals surface area (Å²) in [5.74, 6) is -0.874. The van der Waals surface area contributed by atoms with Gasteiger partial charge in [0.1, 0.15) is 0 Å². The predicted octanol–water partition coefficient (Wildman–Crippen LogP) is 2.69. The Morgan fingerprint density at radius 3 is 2.63 bits per heavy atom. The number of hydrogen-bond donors (Lipinski definition) is 4. The predicted molar refractivity (Wildman–Crippen MR) is 102 cm³/mol. The van der Waals surface area contributed by atoms with Crippen LogP contribution in [0.15, 0.2) is 30.3 Å². The average Bonchev–Trinajstić information content (AvgIpc) is 2.66. The highest BCUT2D eigenvalue weighted by Gasteiger charge is 2.34. The fourth-order valence-corrected chi connectivity index (χ4v) is 3.90. The Morgan fingerprint density at radius 2 is 1.96 bits per heavy atom. The molecule has 0 saturated carbocycles. The molecule has 2 aromatic carbocycles. The van der Waals surface area contributed by atoms with E-state index in [-0.39, 0.29) is 24.5 Å². The maximum Gasteiger partial charge on any atom is 0.303 e. The zero-order valence-corrected chi connectivity index (χ0v) is 15.4. The topological polar surface area (TPSA) is 101 Å². The average molecular weight is 371 g/mol. The lowest BCUT2D eigenvalue weighted by molar-refractivity contribution is -0.137. The first-order valence-corrected chi connectivity index (χ1v) is 9.13. The van der Waals surface area contributed by atoms with Gasteiger partial charge in [-0.2, -0.15) is 0 Å². The van der Waals surface area contributed by atoms with Crippen LogP contribution in [0.5, 0.6) is 11.5 Å². The Balaban J connectivity index is 0.000000260. The number of carboxylic acids is 1. The fourth-order valence-electron chi connectivity index (χ4n) is 3.90. The molecule has 0 spiro atoms. The van der Waals surface area contributed by atoms with Crippen LogP contribution in [0.1, 0.15) is 35.6 Å². The minimum atomic E-state index is -0.853. The summed E-state index contributed by atoms with van der Waals surface area (Å²) in [6, 6.07) is 10.2. The number of fused-ring (bicyclic) bond motifs is 2. The number of aliphatic hydroxyl groups excluding tert-OH is 1. The van der Waals surface area contributed by atoms with Crippen LogP contribution in [-0.4, -0.2) is 51.5 Å². The number of phenolic OH excluding ortho intramolecular Hbond substituents is 2. The van der Waals surface area contributed by atoms with Gasteiger partial charge in [0.2, 0.25) is 0 Å². The normalized spacial score (nSPS) is 17.3. The summed E-state index contributed by atoms with van der Waals surface area (Å²) in [4.78, 5) is 12.0. The maximum absolute atomic E-state index is 10.3. The second-order valence-corrected chi connectivity index (χ2v) is 7.02. The van der Waals surface area contributed by atoms with Crippen molar-refractivity contribution in [1.82, 2.24) is 4.90 Å². The van der Waals surface area contributed by atoms with E-state index in [1.54, 1.807) is 6.07 Å². The van der Waals surface area contributed by atoms with Crippen LogP contribution in [0.4, 0.5) is 0 Å². The molecule has 144 valence electrons. The van der Waals surface area contributed by atoms with E-state index in [9.17, 15) is 15.0 Å². The van der Waals surface area contributed by atoms with Gasteiger partial charge in [0, 0.05) is 31.2 Å². The molecule has 27 heavy (non-hydrogen) atoms. The van der Waals surface area contributed by atoms with E-state index >= 15 is 0 Å². The van der Waals surface area contributed by atoms with Gasteiger partial charge in [-0.25, -0.2) is 0 Å². The molecule has 2 aromatic rings. The highest BCUT2D eigenvalue weighted by molar-refractivity contribution is 5.82. The molecule has 0 saturated heterocycles. The van der Waals surface area contributed by atoms with E-state index in [2.05, 4.69) is 30.1 Å². The number of phenols is 2. The number of likely N-dealkylation sites (N-methyl/N-ethyl adjacent to an activating group) is 1. The van der Waals surface area contributed by atoms with E-state index < -0.39 is 5.97 Å². The van der Waals surface area contributed by atoms with Gasteiger partial charge >= 0.3 is 5.97 Å². The molecular formula is C21H25NO5. The van der Waals surface area contributed by atoms with E-state index in [1.165, 1.54) is 11.1 Å². The number of nitrogens with zero attached hydrogens (tertiary/aromatic N) is 1. The van der Waals surface area contributed by atoms with Crippen molar-refractivity contribution in [3.63, 3.8) is 0 Å². The van der Waals surface area contributed by atoms with Gasteiger partial charge in [-0.1, -0.05) is 24.3 Å². The summed E-state index contributed by atoms with van der Waals surface area (Å²) < 4.78 is 0. The Bertz CT molecular complexity index is 849. The van der Waals surface area contributed by atoms with Crippen molar-refractivity contribution in [2.45, 2.75) is 31.7 Å². The molecule has 6 nitrogen and oxygen atoms in total. The summed E-state index contributed by atoms with van der Waals surface area (Å²) in [6.45, 7) is 1.03. The van der Waals surface area contributed by atoms with Crippen LogP contribution in [0.2, 0.25) is 0 Å². The Kier molecular flexibility index (Phi) is 5.68. The number of aliphatic carboxylic acids is 1. The molecule has 1 aliphatic carbocycles. The highest BCUT2D eigenvalue weighted by atomic mass is 16.4. The van der Waals surface area contributed by atoms with Crippen LogP contribution < -0.4 is 0 Å². The number of aliphatic hydroxyl groups is 1. The SMILES string of the molecule is CN1CCc2cccc3c2[C@H]1Cc1ccc(O)c(O)c1-3.O=C(O)CCCO. The second kappa shape index (κ2) is 7.98. The number of carboxylic acid groups (broad SMARTS) is 1. The Hall–Kier alpha value is -2.57. The maximum atomic E-state index is 10.3. The number of hydrogen-bond acceptors (Lipinski definition) is 5. The van der Waals surface area contributed by atoms with Crippen molar-refractivity contribution in [3.05, 3.63) is 47.0 Å². The molecular weight excluding hydrogens is 346 g/mol. The largest absolute Gasteiger partial charge is 0.504 e. The third kappa shape index (κ3) is 3.77. The number of aromatic hydroxyl groups is 2. The van der Waals surface area contributed by atoms with Crippen LogP contribution in [0, 0.1) is 0 Å². The Labute approximate surface area is 158 Å². The quantitative estimate of drug-likeness (QED) is 0.619. The third-order valence-electron chi connectivity index (χ3n) is 5.27. The fraction of sp³-hybridized carbons (Fsp3) is 0.381. The standard InChI is InChI=1S/C17H17NO2.C4H8O3/c1-18-8-7-10-3-2-4-12-15(10)13(18)9-11-5-6-14(19)17(20)16(11)12;5-3-1-2-4(6)7/h2-6,13,19-20H,7-9H2,1H3;5H,1-3H2,(H,6,7)/t13-;/m1./s1. The van der Waals surface area contributed by atoms with Gasteiger partial charge in [0.05, 0.1) is 0 Å². The summed E-state index contributed by atoms with van der Waals surface area (Å²) in [7, 11) is 2.16. The van der Waals surface area contributed by atoms with E-state index in [0.717, 1.165) is 36.1 Å². The van der Waals surface area contributed by atoms with Gasteiger partial charge in [0.25, 0.3) is 0 Å². The zero-order valence-electron chi connectivity index (χ0n) is 15.4. The van der Waals surface area contributed by atoms with Gasteiger partial charge < -0.3 is 20.4 Å². The minimum Gasteiger partial charge on any atom is -0.504 e. The van der Waals surface area contributed by atoms with E-state index in [4.69, 9.17) is 10.2 Å². The molecule has 1 aliphatic heterocycles. The molecule has 4 rings (SSSR count).